The van der Waals surface area contributed by atoms with Crippen molar-refractivity contribution in [2.24, 2.45) is 0 Å². The van der Waals surface area contributed by atoms with Crippen molar-refractivity contribution in [2.45, 2.75) is 18.9 Å². The molecule has 1 saturated heterocycles. The van der Waals surface area contributed by atoms with Crippen LogP contribution in [0.25, 0.3) is 10.7 Å². The molecule has 1 atom stereocenters. The first-order chi connectivity index (χ1) is 11.2. The van der Waals surface area contributed by atoms with Gasteiger partial charge in [-0.15, -0.1) is 11.3 Å². The molecule has 2 aromatic rings. The predicted molar refractivity (Wildman–Crippen MR) is 88.2 cm³/mol. The van der Waals surface area contributed by atoms with Crippen molar-refractivity contribution in [3.63, 3.8) is 0 Å². The molecule has 0 bridgehead atoms. The van der Waals surface area contributed by atoms with Crippen LogP contribution in [0.1, 0.15) is 12.8 Å². The second-order valence-electron chi connectivity index (χ2n) is 5.15. The van der Waals surface area contributed by atoms with E-state index >= 15 is 0 Å². The van der Waals surface area contributed by atoms with Gasteiger partial charge < -0.3 is 10.2 Å². The quantitative estimate of drug-likeness (QED) is 0.900. The van der Waals surface area contributed by atoms with E-state index in [9.17, 15) is 9.59 Å². The largest absolute Gasteiger partial charge is 0.357 e. The highest BCUT2D eigenvalue weighted by molar-refractivity contribution is 7.13. The van der Waals surface area contributed by atoms with Crippen LogP contribution in [-0.4, -0.2) is 46.4 Å². The maximum Gasteiger partial charge on any atom is 0.323 e. The number of amides is 3. The van der Waals surface area contributed by atoms with Gasteiger partial charge in [0, 0.05) is 25.2 Å². The third-order valence-electron chi connectivity index (χ3n) is 3.69. The monoisotopic (exact) mass is 331 g/mol. The highest BCUT2D eigenvalue weighted by Crippen LogP contribution is 2.25. The molecule has 120 valence electrons. The van der Waals surface area contributed by atoms with E-state index in [0.717, 1.165) is 17.1 Å². The molecule has 1 unspecified atom stereocenters. The SMILES string of the molecule is CNC(=O)C1CCCN1C(=O)Nc1csc(-c2ccccn2)n1. The van der Waals surface area contributed by atoms with Crippen LogP contribution >= 0.6 is 11.3 Å². The van der Waals surface area contributed by atoms with E-state index in [0.29, 0.717) is 18.8 Å². The van der Waals surface area contributed by atoms with Gasteiger partial charge in [-0.05, 0) is 25.0 Å². The Bertz CT molecular complexity index is 703. The lowest BCUT2D eigenvalue weighted by Gasteiger charge is -2.23. The zero-order valence-electron chi connectivity index (χ0n) is 12.7. The molecule has 2 N–H and O–H groups in total. The lowest BCUT2D eigenvalue weighted by molar-refractivity contribution is -0.124. The molecule has 23 heavy (non-hydrogen) atoms. The zero-order valence-corrected chi connectivity index (χ0v) is 13.5. The summed E-state index contributed by atoms with van der Waals surface area (Å²) < 4.78 is 0. The second kappa shape index (κ2) is 6.74. The minimum Gasteiger partial charge on any atom is -0.357 e. The van der Waals surface area contributed by atoms with Gasteiger partial charge in [0.05, 0.1) is 5.69 Å². The van der Waals surface area contributed by atoms with Crippen LogP contribution in [0.5, 0.6) is 0 Å². The molecular weight excluding hydrogens is 314 g/mol. The maximum absolute atomic E-state index is 12.4. The first-order valence-corrected chi connectivity index (χ1v) is 8.23. The second-order valence-corrected chi connectivity index (χ2v) is 6.01. The predicted octanol–water partition coefficient (Wildman–Crippen LogP) is 1.95. The number of nitrogens with one attached hydrogen (secondary N) is 2. The van der Waals surface area contributed by atoms with Gasteiger partial charge in [-0.3, -0.25) is 15.1 Å². The molecule has 8 heteroatoms. The first kappa shape index (κ1) is 15.4. The van der Waals surface area contributed by atoms with Crippen LogP contribution < -0.4 is 10.6 Å². The van der Waals surface area contributed by atoms with Crippen molar-refractivity contribution in [3.8, 4) is 10.7 Å². The number of carbonyl (C=O) groups excluding carboxylic acids is 2. The zero-order chi connectivity index (χ0) is 16.2. The molecule has 7 nitrogen and oxygen atoms in total. The van der Waals surface area contributed by atoms with Gasteiger partial charge in [-0.1, -0.05) is 6.07 Å². The van der Waals surface area contributed by atoms with E-state index < -0.39 is 6.04 Å². The lowest BCUT2D eigenvalue weighted by atomic mass is 10.2. The van der Waals surface area contributed by atoms with Crippen LogP contribution in [0, 0.1) is 0 Å². The fourth-order valence-electron chi connectivity index (χ4n) is 2.57. The van der Waals surface area contributed by atoms with Crippen LogP contribution in [0.4, 0.5) is 10.6 Å². The Balaban J connectivity index is 1.69. The van der Waals surface area contributed by atoms with Crippen molar-refractivity contribution >= 4 is 29.1 Å². The Morgan fingerprint density at radius 2 is 2.26 bits per heavy atom. The summed E-state index contributed by atoms with van der Waals surface area (Å²) in [5.41, 5.74) is 0.766. The molecule has 1 aliphatic rings. The molecule has 0 radical (unpaired) electrons. The number of urea groups is 1. The number of nitrogens with zero attached hydrogens (tertiary/aromatic N) is 3. The third-order valence-corrected chi connectivity index (χ3v) is 4.55. The molecule has 0 saturated carbocycles. The fraction of sp³-hybridized carbons (Fsp3) is 0.333. The number of thiazole rings is 1. The number of likely N-dealkylation sites (N-methyl/N-ethyl adjacent to an activating group) is 1. The lowest BCUT2D eigenvalue weighted by Crippen LogP contribution is -2.46. The summed E-state index contributed by atoms with van der Waals surface area (Å²) in [6, 6.07) is 4.89. The topological polar surface area (TPSA) is 87.2 Å². The Morgan fingerprint density at radius 1 is 1.39 bits per heavy atom. The maximum atomic E-state index is 12.4. The van der Waals surface area contributed by atoms with Crippen molar-refractivity contribution < 1.29 is 9.59 Å². The molecular formula is C15H17N5O2S. The number of aromatic nitrogens is 2. The van der Waals surface area contributed by atoms with Gasteiger partial charge in [-0.2, -0.15) is 0 Å². The van der Waals surface area contributed by atoms with Crippen molar-refractivity contribution in [2.75, 3.05) is 18.9 Å². The van der Waals surface area contributed by atoms with Crippen LogP contribution in [0.3, 0.4) is 0 Å². The number of hydrogen-bond acceptors (Lipinski definition) is 5. The smallest absolute Gasteiger partial charge is 0.323 e. The Kier molecular flexibility index (Phi) is 4.52. The summed E-state index contributed by atoms with van der Waals surface area (Å²) in [5, 5.41) is 7.87. The minimum atomic E-state index is -0.408. The van der Waals surface area contributed by atoms with Crippen LogP contribution in [0.15, 0.2) is 29.8 Å². The molecule has 3 rings (SSSR count). The number of hydrogen-bond donors (Lipinski definition) is 2. The standard InChI is InChI=1S/C15H17N5O2S/c1-16-13(21)11-6-4-8-20(11)15(22)19-12-9-23-14(18-12)10-5-2-3-7-17-10/h2-3,5,7,9,11H,4,6,8H2,1H3,(H,16,21)(H,19,22). The fourth-order valence-corrected chi connectivity index (χ4v) is 3.30. The molecule has 1 fully saturated rings. The normalized spacial score (nSPS) is 17.1. The van der Waals surface area contributed by atoms with Crippen LogP contribution in [0.2, 0.25) is 0 Å². The highest BCUT2D eigenvalue weighted by Gasteiger charge is 2.33. The van der Waals surface area contributed by atoms with Crippen molar-refractivity contribution in [1.82, 2.24) is 20.2 Å². The van der Waals surface area contributed by atoms with Crippen LogP contribution in [-0.2, 0) is 4.79 Å². The summed E-state index contributed by atoms with van der Waals surface area (Å²) in [6.45, 7) is 0.571. The van der Waals surface area contributed by atoms with Gasteiger partial charge in [0.15, 0.2) is 0 Å². The number of rotatable bonds is 3. The van der Waals surface area contributed by atoms with E-state index in [-0.39, 0.29) is 11.9 Å². The molecule has 3 amide bonds. The van der Waals surface area contributed by atoms with Crippen molar-refractivity contribution in [3.05, 3.63) is 29.8 Å². The Labute approximate surface area is 137 Å². The van der Waals surface area contributed by atoms with Gasteiger partial charge in [-0.25, -0.2) is 9.78 Å². The van der Waals surface area contributed by atoms with Gasteiger partial charge in [0.2, 0.25) is 5.91 Å². The van der Waals surface area contributed by atoms with E-state index in [4.69, 9.17) is 0 Å². The number of pyridine rings is 1. The molecule has 2 aromatic heterocycles. The van der Waals surface area contributed by atoms with E-state index in [1.165, 1.54) is 11.3 Å². The average molecular weight is 331 g/mol. The number of carbonyl (C=O) groups is 2. The molecule has 3 heterocycles. The summed E-state index contributed by atoms with van der Waals surface area (Å²) in [6.07, 6.45) is 3.21. The van der Waals surface area contributed by atoms with E-state index in [2.05, 4.69) is 20.6 Å². The van der Waals surface area contributed by atoms with Gasteiger partial charge >= 0.3 is 6.03 Å². The summed E-state index contributed by atoms with van der Waals surface area (Å²) in [5.74, 6) is 0.341. The molecule has 0 aromatic carbocycles. The highest BCUT2D eigenvalue weighted by atomic mass is 32.1. The number of likely N-dealkylation sites (tertiary alicyclic amines) is 1. The molecule has 0 spiro atoms. The minimum absolute atomic E-state index is 0.134. The van der Waals surface area contributed by atoms with E-state index in [1.54, 1.807) is 23.5 Å². The Morgan fingerprint density at radius 3 is 3.00 bits per heavy atom. The third kappa shape index (κ3) is 3.31. The van der Waals surface area contributed by atoms with Gasteiger partial charge in [0.1, 0.15) is 16.9 Å². The summed E-state index contributed by atoms with van der Waals surface area (Å²) >= 11 is 1.41. The van der Waals surface area contributed by atoms with Gasteiger partial charge in [0.25, 0.3) is 0 Å². The first-order valence-electron chi connectivity index (χ1n) is 7.35. The van der Waals surface area contributed by atoms with E-state index in [1.807, 2.05) is 18.2 Å². The summed E-state index contributed by atoms with van der Waals surface area (Å²) in [7, 11) is 1.58. The average Bonchev–Trinajstić information content (AvgIpc) is 3.24. The van der Waals surface area contributed by atoms with Crippen molar-refractivity contribution in [1.29, 1.82) is 0 Å². The molecule has 1 aliphatic heterocycles. The summed E-state index contributed by atoms with van der Waals surface area (Å²) in [4.78, 5) is 34.4. The Hall–Kier alpha value is -2.48. The molecule has 0 aliphatic carbocycles. The number of anilines is 1.